The predicted molar refractivity (Wildman–Crippen MR) is 68.4 cm³/mol. The summed E-state index contributed by atoms with van der Waals surface area (Å²) in [6.07, 6.45) is -4.82. The SMILES string of the molecule is O=C(CCNC(=O)c1ccccc1)NCC(O)C(F)F. The molecular weight excluding hydrogens is 270 g/mol. The van der Waals surface area contributed by atoms with Gasteiger partial charge in [0.15, 0.2) is 0 Å². The minimum atomic E-state index is -2.90. The Kier molecular flexibility index (Phi) is 6.58. The Morgan fingerprint density at radius 3 is 2.40 bits per heavy atom. The van der Waals surface area contributed by atoms with E-state index in [0.717, 1.165) is 0 Å². The van der Waals surface area contributed by atoms with E-state index in [-0.39, 0.29) is 18.9 Å². The van der Waals surface area contributed by atoms with Gasteiger partial charge in [-0.05, 0) is 12.1 Å². The molecule has 0 aromatic heterocycles. The Bertz CT molecular complexity index is 441. The third-order valence-electron chi connectivity index (χ3n) is 2.47. The minimum Gasteiger partial charge on any atom is -0.385 e. The molecule has 1 unspecified atom stereocenters. The van der Waals surface area contributed by atoms with Crippen molar-refractivity contribution in [3.63, 3.8) is 0 Å². The second kappa shape index (κ2) is 8.21. The van der Waals surface area contributed by atoms with Crippen molar-refractivity contribution >= 4 is 11.8 Å². The lowest BCUT2D eigenvalue weighted by Gasteiger charge is -2.10. The highest BCUT2D eigenvalue weighted by molar-refractivity contribution is 5.94. The summed E-state index contributed by atoms with van der Waals surface area (Å²) in [4.78, 5) is 22.9. The average Bonchev–Trinajstić information content (AvgIpc) is 2.45. The lowest BCUT2D eigenvalue weighted by atomic mass is 10.2. The number of alkyl halides is 2. The number of aliphatic hydroxyl groups is 1. The van der Waals surface area contributed by atoms with E-state index in [1.54, 1.807) is 30.3 Å². The number of halogens is 2. The molecule has 20 heavy (non-hydrogen) atoms. The Labute approximate surface area is 115 Å². The van der Waals surface area contributed by atoms with Gasteiger partial charge < -0.3 is 15.7 Å². The van der Waals surface area contributed by atoms with Gasteiger partial charge in [0.05, 0.1) is 0 Å². The van der Waals surface area contributed by atoms with Crippen molar-refractivity contribution < 1.29 is 23.5 Å². The molecule has 3 N–H and O–H groups in total. The fourth-order valence-corrected chi connectivity index (χ4v) is 1.38. The van der Waals surface area contributed by atoms with Gasteiger partial charge in [-0.1, -0.05) is 18.2 Å². The molecule has 1 aromatic carbocycles. The zero-order valence-corrected chi connectivity index (χ0v) is 10.7. The van der Waals surface area contributed by atoms with E-state index in [9.17, 15) is 18.4 Å². The lowest BCUT2D eigenvalue weighted by molar-refractivity contribution is -0.122. The molecule has 0 fully saturated rings. The molecule has 1 rings (SSSR count). The van der Waals surface area contributed by atoms with Crippen molar-refractivity contribution in [1.82, 2.24) is 10.6 Å². The summed E-state index contributed by atoms with van der Waals surface area (Å²) < 4.78 is 23.9. The van der Waals surface area contributed by atoms with Crippen LogP contribution in [0.15, 0.2) is 30.3 Å². The quantitative estimate of drug-likeness (QED) is 0.685. The third-order valence-corrected chi connectivity index (χ3v) is 2.47. The first-order valence-corrected chi connectivity index (χ1v) is 6.07. The molecule has 0 saturated carbocycles. The second-order valence-corrected chi connectivity index (χ2v) is 4.08. The molecular formula is C13H16F2N2O3. The molecule has 1 atom stereocenters. The van der Waals surface area contributed by atoms with Crippen LogP contribution in [0.5, 0.6) is 0 Å². The van der Waals surface area contributed by atoms with Gasteiger partial charge >= 0.3 is 0 Å². The molecule has 0 spiro atoms. The summed E-state index contributed by atoms with van der Waals surface area (Å²) in [5.41, 5.74) is 0.473. The second-order valence-electron chi connectivity index (χ2n) is 4.08. The summed E-state index contributed by atoms with van der Waals surface area (Å²) in [5.74, 6) is -0.830. The molecule has 7 heteroatoms. The molecule has 0 saturated heterocycles. The minimum absolute atomic E-state index is 0.0471. The van der Waals surface area contributed by atoms with E-state index in [2.05, 4.69) is 10.6 Å². The van der Waals surface area contributed by atoms with Crippen molar-refractivity contribution in [2.75, 3.05) is 13.1 Å². The van der Waals surface area contributed by atoms with Crippen LogP contribution in [0.25, 0.3) is 0 Å². The van der Waals surface area contributed by atoms with Crippen LogP contribution in [0.4, 0.5) is 8.78 Å². The molecule has 0 heterocycles. The van der Waals surface area contributed by atoms with E-state index >= 15 is 0 Å². The fourth-order valence-electron chi connectivity index (χ4n) is 1.38. The maximum Gasteiger partial charge on any atom is 0.265 e. The first-order valence-electron chi connectivity index (χ1n) is 6.07. The predicted octanol–water partition coefficient (Wildman–Crippen LogP) is 0.549. The topological polar surface area (TPSA) is 78.4 Å². The van der Waals surface area contributed by atoms with Gasteiger partial charge in [0.1, 0.15) is 6.10 Å². The largest absolute Gasteiger partial charge is 0.385 e. The fraction of sp³-hybridized carbons (Fsp3) is 0.385. The number of carbonyl (C=O) groups excluding carboxylic acids is 2. The van der Waals surface area contributed by atoms with Crippen molar-refractivity contribution in [1.29, 1.82) is 0 Å². The van der Waals surface area contributed by atoms with Gasteiger partial charge in [-0.15, -0.1) is 0 Å². The van der Waals surface area contributed by atoms with Gasteiger partial charge in [-0.25, -0.2) is 8.78 Å². The van der Waals surface area contributed by atoms with Crippen LogP contribution in [-0.4, -0.2) is 42.5 Å². The number of nitrogens with one attached hydrogen (secondary N) is 2. The summed E-state index contributed by atoms with van der Waals surface area (Å²) in [7, 11) is 0. The van der Waals surface area contributed by atoms with Crippen molar-refractivity contribution in [2.24, 2.45) is 0 Å². The van der Waals surface area contributed by atoms with Crippen LogP contribution < -0.4 is 10.6 Å². The van der Waals surface area contributed by atoms with Gasteiger partial charge in [-0.3, -0.25) is 9.59 Å². The number of benzene rings is 1. The van der Waals surface area contributed by atoms with Gasteiger partial charge in [0, 0.05) is 25.1 Å². The molecule has 0 bridgehead atoms. The molecule has 2 amide bonds. The van der Waals surface area contributed by atoms with Gasteiger partial charge in [0.2, 0.25) is 5.91 Å². The van der Waals surface area contributed by atoms with Gasteiger partial charge in [0.25, 0.3) is 12.3 Å². The van der Waals surface area contributed by atoms with Gasteiger partial charge in [-0.2, -0.15) is 0 Å². The van der Waals surface area contributed by atoms with Crippen LogP contribution in [0, 0.1) is 0 Å². The summed E-state index contributed by atoms with van der Waals surface area (Å²) in [5, 5.41) is 13.5. The highest BCUT2D eigenvalue weighted by Gasteiger charge is 2.17. The van der Waals surface area contributed by atoms with Crippen molar-refractivity contribution in [2.45, 2.75) is 19.0 Å². The molecule has 0 aliphatic carbocycles. The van der Waals surface area contributed by atoms with Crippen LogP contribution in [0.1, 0.15) is 16.8 Å². The normalized spacial score (nSPS) is 12.0. The Morgan fingerprint density at radius 1 is 1.15 bits per heavy atom. The molecule has 110 valence electrons. The van der Waals surface area contributed by atoms with E-state index in [1.807, 2.05) is 0 Å². The smallest absolute Gasteiger partial charge is 0.265 e. The molecule has 0 aliphatic rings. The number of hydrogen-bond donors (Lipinski definition) is 3. The van der Waals surface area contributed by atoms with Crippen molar-refractivity contribution in [3.05, 3.63) is 35.9 Å². The van der Waals surface area contributed by atoms with E-state index in [1.165, 1.54) is 0 Å². The zero-order chi connectivity index (χ0) is 15.0. The molecule has 0 radical (unpaired) electrons. The molecule has 0 aliphatic heterocycles. The van der Waals surface area contributed by atoms with Crippen LogP contribution in [0.2, 0.25) is 0 Å². The standard InChI is InChI=1S/C13H16F2N2O3/c14-12(15)10(18)8-17-11(19)6-7-16-13(20)9-4-2-1-3-5-9/h1-5,10,12,18H,6-8H2,(H,16,20)(H,17,19). The number of aliphatic hydroxyl groups excluding tert-OH is 1. The molecule has 1 aromatic rings. The average molecular weight is 286 g/mol. The maximum atomic E-state index is 12.0. The Morgan fingerprint density at radius 2 is 1.80 bits per heavy atom. The zero-order valence-electron chi connectivity index (χ0n) is 10.7. The summed E-state index contributed by atoms with van der Waals surface area (Å²) >= 11 is 0. The highest BCUT2D eigenvalue weighted by Crippen LogP contribution is 1.99. The lowest BCUT2D eigenvalue weighted by Crippen LogP contribution is -2.37. The highest BCUT2D eigenvalue weighted by atomic mass is 19.3. The number of carbonyl (C=O) groups is 2. The van der Waals surface area contributed by atoms with Crippen molar-refractivity contribution in [3.8, 4) is 0 Å². The van der Waals surface area contributed by atoms with E-state index < -0.39 is 25.0 Å². The number of amides is 2. The Hall–Kier alpha value is -2.02. The number of rotatable bonds is 7. The van der Waals surface area contributed by atoms with Crippen LogP contribution >= 0.6 is 0 Å². The number of hydrogen-bond acceptors (Lipinski definition) is 3. The van der Waals surface area contributed by atoms with Crippen LogP contribution in [-0.2, 0) is 4.79 Å². The first kappa shape index (κ1) is 16.0. The van der Waals surface area contributed by atoms with Crippen LogP contribution in [0.3, 0.4) is 0 Å². The Balaban J connectivity index is 2.21. The maximum absolute atomic E-state index is 12.0. The van der Waals surface area contributed by atoms with E-state index in [0.29, 0.717) is 5.56 Å². The summed E-state index contributed by atoms with van der Waals surface area (Å²) in [6.45, 7) is -0.423. The monoisotopic (exact) mass is 286 g/mol. The molecule has 5 nitrogen and oxygen atoms in total. The third kappa shape index (κ3) is 5.75. The van der Waals surface area contributed by atoms with E-state index in [4.69, 9.17) is 5.11 Å². The summed E-state index contributed by atoms with van der Waals surface area (Å²) in [6, 6.07) is 8.47. The first-order chi connectivity index (χ1) is 9.50.